The number of hydrogen-bond acceptors (Lipinski definition) is 6. The minimum Gasteiger partial charge on any atom is -0.466 e. The normalized spacial score (nSPS) is 11.8. The van der Waals surface area contributed by atoms with Crippen LogP contribution in [-0.4, -0.2) is 36.3 Å². The molecule has 0 spiro atoms. The smallest absolute Gasteiger partial charge is 0.466 e. The van der Waals surface area contributed by atoms with Gasteiger partial charge in [0, 0.05) is 6.42 Å². The van der Waals surface area contributed by atoms with Gasteiger partial charge in [-0.1, -0.05) is 11.8 Å². The van der Waals surface area contributed by atoms with Gasteiger partial charge in [-0.05, 0) is 37.4 Å². The molecule has 0 aliphatic carbocycles. The van der Waals surface area contributed by atoms with E-state index in [-0.39, 0.29) is 30.4 Å². The van der Waals surface area contributed by atoms with Crippen LogP contribution >= 0.6 is 11.8 Å². The summed E-state index contributed by atoms with van der Waals surface area (Å²) in [4.78, 5) is 27.1. The van der Waals surface area contributed by atoms with E-state index < -0.39 is 18.2 Å². The third-order valence-corrected chi connectivity index (χ3v) is 3.18. The van der Waals surface area contributed by atoms with E-state index in [1.165, 1.54) is 12.1 Å². The van der Waals surface area contributed by atoms with Gasteiger partial charge in [-0.15, -0.1) is 13.2 Å². The van der Waals surface area contributed by atoms with Crippen molar-refractivity contribution in [3.05, 3.63) is 24.3 Å². The zero-order valence-corrected chi connectivity index (χ0v) is 14.4. The van der Waals surface area contributed by atoms with Crippen molar-refractivity contribution < 1.29 is 32.2 Å². The Bertz CT molecular complexity index is 618. The third-order valence-electron chi connectivity index (χ3n) is 2.60. The first-order valence-corrected chi connectivity index (χ1v) is 8.40. The highest BCUT2D eigenvalue weighted by Gasteiger charge is 2.30. The minimum atomic E-state index is -4.76. The van der Waals surface area contributed by atoms with E-state index in [9.17, 15) is 22.8 Å². The number of aliphatic imine (C=N–C) groups is 1. The van der Waals surface area contributed by atoms with Crippen molar-refractivity contribution >= 4 is 34.5 Å². The summed E-state index contributed by atoms with van der Waals surface area (Å²) < 4.78 is 44.8. The second-order valence-corrected chi connectivity index (χ2v) is 5.31. The number of amides is 1. The topological polar surface area (TPSA) is 77.0 Å². The number of halogens is 3. The maximum atomic E-state index is 12.1. The average molecular weight is 378 g/mol. The van der Waals surface area contributed by atoms with E-state index in [1.807, 2.05) is 0 Å². The van der Waals surface area contributed by atoms with Gasteiger partial charge < -0.3 is 14.8 Å². The number of ether oxygens (including phenoxy) is 2. The SMILES string of the molecule is CCOC(=O)CCC(=O)N/C(=N/c1ccc(OC(F)(F)F)cc1)SC. The van der Waals surface area contributed by atoms with Crippen LogP contribution in [0.5, 0.6) is 5.75 Å². The zero-order valence-electron chi connectivity index (χ0n) is 13.6. The Morgan fingerprint density at radius 1 is 1.20 bits per heavy atom. The monoisotopic (exact) mass is 378 g/mol. The molecule has 0 saturated heterocycles. The van der Waals surface area contributed by atoms with Gasteiger partial charge >= 0.3 is 12.3 Å². The van der Waals surface area contributed by atoms with Crippen LogP contribution in [0, 0.1) is 0 Å². The highest BCUT2D eigenvalue weighted by Crippen LogP contribution is 2.25. The quantitative estimate of drug-likeness (QED) is 0.466. The number of esters is 1. The Balaban J connectivity index is 2.63. The lowest BCUT2D eigenvalue weighted by atomic mass is 10.3. The fourth-order valence-corrected chi connectivity index (χ4v) is 2.01. The first-order chi connectivity index (χ1) is 11.7. The molecular weight excluding hydrogens is 361 g/mol. The molecular formula is C15H17F3N2O4S. The van der Waals surface area contributed by atoms with Crippen LogP contribution in [-0.2, 0) is 14.3 Å². The van der Waals surface area contributed by atoms with Gasteiger partial charge in [0.05, 0.1) is 18.7 Å². The molecule has 6 nitrogen and oxygen atoms in total. The number of hydrogen-bond donors (Lipinski definition) is 1. The molecule has 0 aliphatic rings. The van der Waals surface area contributed by atoms with Crippen molar-refractivity contribution in [3.63, 3.8) is 0 Å². The molecule has 25 heavy (non-hydrogen) atoms. The van der Waals surface area contributed by atoms with Crippen molar-refractivity contribution in [2.24, 2.45) is 4.99 Å². The molecule has 10 heteroatoms. The highest BCUT2D eigenvalue weighted by atomic mass is 32.2. The summed E-state index contributed by atoms with van der Waals surface area (Å²) in [5.41, 5.74) is 0.338. The number of carbonyl (C=O) groups excluding carboxylic acids is 2. The van der Waals surface area contributed by atoms with Crippen molar-refractivity contribution in [2.75, 3.05) is 12.9 Å². The van der Waals surface area contributed by atoms with Crippen LogP contribution in [0.1, 0.15) is 19.8 Å². The molecule has 138 valence electrons. The number of amidine groups is 1. The lowest BCUT2D eigenvalue weighted by Gasteiger charge is -2.09. The lowest BCUT2D eigenvalue weighted by molar-refractivity contribution is -0.274. The largest absolute Gasteiger partial charge is 0.573 e. The van der Waals surface area contributed by atoms with Crippen molar-refractivity contribution in [3.8, 4) is 5.75 Å². The van der Waals surface area contributed by atoms with E-state index in [0.717, 1.165) is 23.9 Å². The summed E-state index contributed by atoms with van der Waals surface area (Å²) >= 11 is 1.14. The second kappa shape index (κ2) is 9.92. The summed E-state index contributed by atoms with van der Waals surface area (Å²) in [5, 5.41) is 2.77. The van der Waals surface area contributed by atoms with Gasteiger partial charge in [0.25, 0.3) is 0 Å². The van der Waals surface area contributed by atoms with Gasteiger partial charge in [-0.25, -0.2) is 4.99 Å². The van der Waals surface area contributed by atoms with E-state index in [0.29, 0.717) is 5.69 Å². The van der Waals surface area contributed by atoms with E-state index >= 15 is 0 Å². The first kappa shape index (κ1) is 20.8. The van der Waals surface area contributed by atoms with Crippen molar-refractivity contribution in [1.82, 2.24) is 5.32 Å². The summed E-state index contributed by atoms with van der Waals surface area (Å²) in [6.07, 6.45) is -3.20. The number of rotatable bonds is 6. The predicted molar refractivity (Wildman–Crippen MR) is 87.7 cm³/mol. The molecule has 0 atom stereocenters. The minimum absolute atomic E-state index is 0.0508. The third kappa shape index (κ3) is 8.99. The molecule has 1 N–H and O–H groups in total. The van der Waals surface area contributed by atoms with Crippen LogP contribution in [0.3, 0.4) is 0 Å². The first-order valence-electron chi connectivity index (χ1n) is 7.17. The Morgan fingerprint density at radius 3 is 2.36 bits per heavy atom. The number of carbonyl (C=O) groups is 2. The Morgan fingerprint density at radius 2 is 1.84 bits per heavy atom. The molecule has 0 heterocycles. The van der Waals surface area contributed by atoms with Crippen LogP contribution in [0.15, 0.2) is 29.3 Å². The molecule has 0 fully saturated rings. The number of nitrogens with zero attached hydrogens (tertiary/aromatic N) is 1. The molecule has 1 rings (SSSR count). The Hall–Kier alpha value is -2.23. The van der Waals surface area contributed by atoms with E-state index in [1.54, 1.807) is 13.2 Å². The van der Waals surface area contributed by atoms with Crippen LogP contribution in [0.4, 0.5) is 18.9 Å². The van der Waals surface area contributed by atoms with E-state index in [4.69, 9.17) is 4.74 Å². The van der Waals surface area contributed by atoms with Gasteiger partial charge in [0.2, 0.25) is 5.91 Å². The average Bonchev–Trinajstić information content (AvgIpc) is 2.53. The molecule has 1 amide bonds. The number of benzene rings is 1. The highest BCUT2D eigenvalue weighted by molar-refractivity contribution is 8.13. The molecule has 1 aromatic carbocycles. The van der Waals surface area contributed by atoms with Crippen molar-refractivity contribution in [1.29, 1.82) is 0 Å². The summed E-state index contributed by atoms with van der Waals surface area (Å²) in [5.74, 6) is -1.26. The van der Waals surface area contributed by atoms with Crippen LogP contribution in [0.25, 0.3) is 0 Å². The number of alkyl halides is 3. The fraction of sp³-hybridized carbons (Fsp3) is 0.400. The number of thioether (sulfide) groups is 1. The summed E-state index contributed by atoms with van der Waals surface area (Å²) in [7, 11) is 0. The summed E-state index contributed by atoms with van der Waals surface area (Å²) in [6, 6.07) is 4.88. The predicted octanol–water partition coefficient (Wildman–Crippen LogP) is 3.40. The van der Waals surface area contributed by atoms with Crippen molar-refractivity contribution in [2.45, 2.75) is 26.1 Å². The standard InChI is InChI=1S/C15H17F3N2O4S/c1-3-23-13(22)9-8-12(21)20-14(25-2)19-10-4-6-11(7-5-10)24-15(16,17)18/h4-7H,3,8-9H2,1-2H3,(H,19,20,21). The fourth-order valence-electron chi connectivity index (χ4n) is 1.59. The van der Waals surface area contributed by atoms with Gasteiger partial charge in [-0.3, -0.25) is 9.59 Å². The van der Waals surface area contributed by atoms with Gasteiger partial charge in [-0.2, -0.15) is 0 Å². The maximum Gasteiger partial charge on any atom is 0.573 e. The molecule has 0 aromatic heterocycles. The Kier molecular flexibility index (Phi) is 8.26. The molecule has 0 saturated carbocycles. The van der Waals surface area contributed by atoms with Crippen LogP contribution < -0.4 is 10.1 Å². The van der Waals surface area contributed by atoms with E-state index in [2.05, 4.69) is 15.0 Å². The number of nitrogens with one attached hydrogen (secondary N) is 1. The summed E-state index contributed by atoms with van der Waals surface area (Å²) in [6.45, 7) is 1.91. The molecule has 0 radical (unpaired) electrons. The Labute approximate surface area is 146 Å². The lowest BCUT2D eigenvalue weighted by Crippen LogP contribution is -2.28. The van der Waals surface area contributed by atoms with Crippen LogP contribution in [0.2, 0.25) is 0 Å². The van der Waals surface area contributed by atoms with Gasteiger partial charge in [0.15, 0.2) is 5.17 Å². The van der Waals surface area contributed by atoms with Gasteiger partial charge in [0.1, 0.15) is 5.75 Å². The molecule has 0 unspecified atom stereocenters. The zero-order chi connectivity index (χ0) is 18.9. The molecule has 0 bridgehead atoms. The second-order valence-electron chi connectivity index (χ2n) is 4.52. The molecule has 1 aromatic rings. The maximum absolute atomic E-state index is 12.1. The molecule has 0 aliphatic heterocycles.